The summed E-state index contributed by atoms with van der Waals surface area (Å²) < 4.78 is 27.1. The van der Waals surface area contributed by atoms with Crippen molar-refractivity contribution in [1.29, 1.82) is 0 Å². The van der Waals surface area contributed by atoms with Crippen LogP contribution < -0.4 is 9.62 Å². The van der Waals surface area contributed by atoms with Gasteiger partial charge in [-0.3, -0.25) is 0 Å². The highest BCUT2D eigenvalue weighted by atomic mass is 32.2. The molecule has 1 aliphatic heterocycles. The highest BCUT2D eigenvalue weighted by molar-refractivity contribution is 7.89. The molecule has 1 aliphatic rings. The van der Waals surface area contributed by atoms with Gasteiger partial charge in [0.15, 0.2) is 0 Å². The molecule has 0 bridgehead atoms. The molecule has 0 atom stereocenters. The van der Waals surface area contributed by atoms with Crippen LogP contribution in [0.25, 0.3) is 0 Å². The second-order valence-corrected chi connectivity index (χ2v) is 7.43. The van der Waals surface area contributed by atoms with Crippen molar-refractivity contribution in [3.8, 4) is 0 Å². The van der Waals surface area contributed by atoms with Crippen LogP contribution in [0, 0.1) is 6.92 Å². The van der Waals surface area contributed by atoms with Crippen LogP contribution in [0.4, 0.5) is 5.82 Å². The number of rotatable bonds is 5. The molecule has 0 saturated carbocycles. The lowest BCUT2D eigenvalue weighted by molar-refractivity contribution is 0.579. The number of hydrogen-bond acceptors (Lipinski definition) is 5. The van der Waals surface area contributed by atoms with E-state index in [1.54, 1.807) is 30.5 Å². The number of nitrogens with one attached hydrogen (secondary N) is 1. The van der Waals surface area contributed by atoms with E-state index in [0.717, 1.165) is 24.5 Å². The normalized spacial score (nSPS) is 15.1. The van der Waals surface area contributed by atoms with Gasteiger partial charge in [-0.05, 0) is 38.0 Å². The van der Waals surface area contributed by atoms with Gasteiger partial charge in [0.2, 0.25) is 10.0 Å². The summed E-state index contributed by atoms with van der Waals surface area (Å²) >= 11 is 0. The lowest BCUT2D eigenvalue weighted by atomic mass is 10.2. The third-order valence-electron chi connectivity index (χ3n) is 3.87. The fourth-order valence-corrected chi connectivity index (χ4v) is 3.54. The number of aromatic nitrogens is 2. The van der Waals surface area contributed by atoms with Gasteiger partial charge in [-0.25, -0.2) is 23.1 Å². The summed E-state index contributed by atoms with van der Waals surface area (Å²) in [6.45, 7) is 3.98. The fourth-order valence-electron chi connectivity index (χ4n) is 2.56. The molecule has 122 valence electrons. The first-order chi connectivity index (χ1) is 11.0. The second kappa shape index (κ2) is 6.64. The Morgan fingerprint density at radius 1 is 1.13 bits per heavy atom. The molecule has 0 aliphatic carbocycles. The van der Waals surface area contributed by atoms with E-state index in [4.69, 9.17) is 0 Å². The molecule has 0 amide bonds. The summed E-state index contributed by atoms with van der Waals surface area (Å²) in [6.07, 6.45) is 4.01. The van der Waals surface area contributed by atoms with E-state index in [1.807, 2.05) is 13.0 Å². The van der Waals surface area contributed by atoms with Gasteiger partial charge >= 0.3 is 0 Å². The average molecular weight is 332 g/mol. The molecule has 1 N–H and O–H groups in total. The van der Waals surface area contributed by atoms with Crippen molar-refractivity contribution in [3.05, 3.63) is 47.9 Å². The number of nitrogens with zero attached hydrogens (tertiary/aromatic N) is 3. The predicted octanol–water partition coefficient (Wildman–Crippen LogP) is 1.86. The highest BCUT2D eigenvalue weighted by Crippen LogP contribution is 2.17. The molecule has 0 spiro atoms. The lowest BCUT2D eigenvalue weighted by Crippen LogP contribution is -2.25. The van der Waals surface area contributed by atoms with E-state index in [-0.39, 0.29) is 11.4 Å². The minimum atomic E-state index is -3.55. The van der Waals surface area contributed by atoms with Gasteiger partial charge in [-0.15, -0.1) is 0 Å². The fraction of sp³-hybridized carbons (Fsp3) is 0.375. The molecule has 1 fully saturated rings. The third-order valence-corrected chi connectivity index (χ3v) is 5.29. The van der Waals surface area contributed by atoms with Crippen LogP contribution in [0.1, 0.15) is 24.2 Å². The van der Waals surface area contributed by atoms with Crippen LogP contribution >= 0.6 is 0 Å². The summed E-state index contributed by atoms with van der Waals surface area (Å²) in [7, 11) is -3.55. The van der Waals surface area contributed by atoms with Crippen LogP contribution in [-0.2, 0) is 16.6 Å². The summed E-state index contributed by atoms with van der Waals surface area (Å²) in [4.78, 5) is 11.1. The minimum Gasteiger partial charge on any atom is -0.357 e. The Bertz CT molecular complexity index is 769. The number of hydrogen-bond donors (Lipinski definition) is 1. The Morgan fingerprint density at radius 2 is 1.83 bits per heavy atom. The average Bonchev–Trinajstić information content (AvgIpc) is 3.08. The summed E-state index contributed by atoms with van der Waals surface area (Å²) in [5.41, 5.74) is 1.02. The van der Waals surface area contributed by atoms with E-state index in [1.165, 1.54) is 12.8 Å². The molecule has 6 nitrogen and oxygen atoms in total. The van der Waals surface area contributed by atoms with Crippen LogP contribution in [0.3, 0.4) is 0 Å². The standard InChI is InChI=1S/C16H20N4O2S/c1-13-4-6-14(7-5-13)23(21,22)18-12-15-17-9-8-16(19-15)20-10-2-3-11-20/h4-9,18H,2-3,10-12H2,1H3. The first kappa shape index (κ1) is 15.9. The van der Waals surface area contributed by atoms with Crippen LogP contribution in [0.2, 0.25) is 0 Å². The van der Waals surface area contributed by atoms with Gasteiger partial charge < -0.3 is 4.90 Å². The van der Waals surface area contributed by atoms with Gasteiger partial charge in [0, 0.05) is 19.3 Å². The van der Waals surface area contributed by atoms with Crippen molar-refractivity contribution in [1.82, 2.24) is 14.7 Å². The van der Waals surface area contributed by atoms with Crippen molar-refractivity contribution in [2.75, 3.05) is 18.0 Å². The van der Waals surface area contributed by atoms with E-state index in [9.17, 15) is 8.42 Å². The van der Waals surface area contributed by atoms with E-state index in [2.05, 4.69) is 19.6 Å². The van der Waals surface area contributed by atoms with Crippen molar-refractivity contribution >= 4 is 15.8 Å². The topological polar surface area (TPSA) is 75.2 Å². The quantitative estimate of drug-likeness (QED) is 0.904. The molecule has 0 unspecified atom stereocenters. The van der Waals surface area contributed by atoms with Crippen molar-refractivity contribution in [2.45, 2.75) is 31.2 Å². The highest BCUT2D eigenvalue weighted by Gasteiger charge is 2.16. The van der Waals surface area contributed by atoms with E-state index >= 15 is 0 Å². The van der Waals surface area contributed by atoms with E-state index < -0.39 is 10.0 Å². The molecular weight excluding hydrogens is 312 g/mol. The summed E-state index contributed by atoms with van der Waals surface area (Å²) in [5.74, 6) is 1.34. The Balaban J connectivity index is 1.70. The predicted molar refractivity (Wildman–Crippen MR) is 88.7 cm³/mol. The first-order valence-corrected chi connectivity index (χ1v) is 9.16. The maximum absolute atomic E-state index is 12.3. The van der Waals surface area contributed by atoms with Crippen molar-refractivity contribution in [2.24, 2.45) is 0 Å². The molecule has 1 aromatic heterocycles. The van der Waals surface area contributed by atoms with Gasteiger partial charge in [0.1, 0.15) is 11.6 Å². The molecule has 3 rings (SSSR count). The lowest BCUT2D eigenvalue weighted by Gasteiger charge is -2.16. The Morgan fingerprint density at radius 3 is 2.52 bits per heavy atom. The molecule has 2 aromatic rings. The minimum absolute atomic E-state index is 0.0812. The number of sulfonamides is 1. The largest absolute Gasteiger partial charge is 0.357 e. The molecular formula is C16H20N4O2S. The van der Waals surface area contributed by atoms with Gasteiger partial charge in [-0.1, -0.05) is 17.7 Å². The molecule has 7 heteroatoms. The zero-order chi connectivity index (χ0) is 16.3. The monoisotopic (exact) mass is 332 g/mol. The molecule has 2 heterocycles. The number of benzene rings is 1. The molecule has 1 aromatic carbocycles. The molecule has 1 saturated heterocycles. The smallest absolute Gasteiger partial charge is 0.240 e. The van der Waals surface area contributed by atoms with E-state index in [0.29, 0.717) is 5.82 Å². The van der Waals surface area contributed by atoms with Gasteiger partial charge in [0.25, 0.3) is 0 Å². The summed E-state index contributed by atoms with van der Waals surface area (Å²) in [5, 5.41) is 0. The first-order valence-electron chi connectivity index (χ1n) is 7.68. The summed E-state index contributed by atoms with van der Waals surface area (Å²) in [6, 6.07) is 8.61. The molecule has 0 radical (unpaired) electrons. The van der Waals surface area contributed by atoms with Crippen LogP contribution in [0.15, 0.2) is 41.4 Å². The second-order valence-electron chi connectivity index (χ2n) is 5.66. The van der Waals surface area contributed by atoms with Gasteiger partial charge in [0.05, 0.1) is 11.4 Å². The third kappa shape index (κ3) is 3.86. The van der Waals surface area contributed by atoms with Crippen LogP contribution in [-0.4, -0.2) is 31.5 Å². The Labute approximate surface area is 136 Å². The maximum atomic E-state index is 12.3. The number of aryl methyl sites for hydroxylation is 1. The van der Waals surface area contributed by atoms with Crippen molar-refractivity contribution in [3.63, 3.8) is 0 Å². The molecule has 23 heavy (non-hydrogen) atoms. The van der Waals surface area contributed by atoms with Crippen LogP contribution in [0.5, 0.6) is 0 Å². The number of anilines is 1. The SMILES string of the molecule is Cc1ccc(S(=O)(=O)NCc2nccc(N3CCCC3)n2)cc1. The Hall–Kier alpha value is -1.99. The Kier molecular flexibility index (Phi) is 4.58. The zero-order valence-electron chi connectivity index (χ0n) is 13.1. The zero-order valence-corrected chi connectivity index (χ0v) is 13.9. The van der Waals surface area contributed by atoms with Gasteiger partial charge in [-0.2, -0.15) is 0 Å². The maximum Gasteiger partial charge on any atom is 0.240 e. The van der Waals surface area contributed by atoms with Crippen molar-refractivity contribution < 1.29 is 8.42 Å².